The van der Waals surface area contributed by atoms with Gasteiger partial charge < -0.3 is 0 Å². The summed E-state index contributed by atoms with van der Waals surface area (Å²) in [5, 5.41) is 2.79. The number of nitrogens with one attached hydrogen (secondary N) is 1. The molecular formula is C16H15N3O2S2. The van der Waals surface area contributed by atoms with Gasteiger partial charge in [-0.1, -0.05) is 12.1 Å². The van der Waals surface area contributed by atoms with E-state index in [0.29, 0.717) is 13.0 Å². The fourth-order valence-electron chi connectivity index (χ4n) is 2.12. The van der Waals surface area contributed by atoms with E-state index in [-0.39, 0.29) is 4.90 Å². The van der Waals surface area contributed by atoms with Crippen LogP contribution < -0.4 is 4.72 Å². The molecule has 0 unspecified atom stereocenters. The highest BCUT2D eigenvalue weighted by molar-refractivity contribution is 7.89. The van der Waals surface area contributed by atoms with Crippen molar-refractivity contribution in [3.63, 3.8) is 0 Å². The molecule has 1 N–H and O–H groups in total. The van der Waals surface area contributed by atoms with Crippen molar-refractivity contribution in [2.24, 2.45) is 0 Å². The molecule has 2 heterocycles. The van der Waals surface area contributed by atoms with Crippen LogP contribution in [-0.2, 0) is 16.4 Å². The average molecular weight is 345 g/mol. The Bertz CT molecular complexity index is 846. The number of nitrogens with zero attached hydrogens (tertiary/aromatic N) is 2. The predicted molar refractivity (Wildman–Crippen MR) is 90.7 cm³/mol. The first kappa shape index (κ1) is 15.8. The van der Waals surface area contributed by atoms with Crippen molar-refractivity contribution in [3.05, 3.63) is 65.4 Å². The second kappa shape index (κ2) is 6.99. The molecule has 0 spiro atoms. The standard InChI is InChI=1S/C16H15N3O2S2/c20-23(21,19-10-7-16-18-11-12-22-16)15-3-1-13(2-4-15)14-5-8-17-9-6-14/h1-6,8-9,11-12,19H,7,10H2. The molecule has 0 aliphatic rings. The van der Waals surface area contributed by atoms with Gasteiger partial charge in [-0.3, -0.25) is 4.98 Å². The van der Waals surface area contributed by atoms with Crippen LogP contribution in [0, 0.1) is 0 Å². The quantitative estimate of drug-likeness (QED) is 0.746. The third-order valence-corrected chi connectivity index (χ3v) is 5.61. The molecule has 0 aliphatic carbocycles. The van der Waals surface area contributed by atoms with E-state index < -0.39 is 10.0 Å². The maximum Gasteiger partial charge on any atom is 0.240 e. The van der Waals surface area contributed by atoms with E-state index >= 15 is 0 Å². The van der Waals surface area contributed by atoms with Crippen molar-refractivity contribution in [2.45, 2.75) is 11.3 Å². The molecule has 0 aliphatic heterocycles. The predicted octanol–water partition coefficient (Wildman–Crippen LogP) is 2.73. The number of rotatable bonds is 6. The zero-order chi connectivity index (χ0) is 16.1. The maximum atomic E-state index is 12.3. The number of hydrogen-bond acceptors (Lipinski definition) is 5. The molecular weight excluding hydrogens is 330 g/mol. The monoisotopic (exact) mass is 345 g/mol. The summed E-state index contributed by atoms with van der Waals surface area (Å²) in [6.07, 6.45) is 5.72. The Hall–Kier alpha value is -2.09. The molecule has 1 aromatic carbocycles. The first-order valence-corrected chi connectivity index (χ1v) is 9.40. The summed E-state index contributed by atoms with van der Waals surface area (Å²) < 4.78 is 27.1. The van der Waals surface area contributed by atoms with Crippen molar-refractivity contribution >= 4 is 21.4 Å². The summed E-state index contributed by atoms with van der Waals surface area (Å²) in [7, 11) is -3.50. The van der Waals surface area contributed by atoms with E-state index in [1.165, 1.54) is 11.3 Å². The molecule has 0 amide bonds. The minimum absolute atomic E-state index is 0.259. The van der Waals surface area contributed by atoms with Gasteiger partial charge in [0.2, 0.25) is 10.0 Å². The maximum absolute atomic E-state index is 12.3. The third-order valence-electron chi connectivity index (χ3n) is 3.29. The van der Waals surface area contributed by atoms with Crippen LogP contribution >= 0.6 is 11.3 Å². The first-order valence-electron chi connectivity index (χ1n) is 7.04. The molecule has 5 nitrogen and oxygen atoms in total. The van der Waals surface area contributed by atoms with Crippen LogP contribution in [0.2, 0.25) is 0 Å². The second-order valence-corrected chi connectivity index (χ2v) is 7.58. The number of hydrogen-bond donors (Lipinski definition) is 1. The number of sulfonamides is 1. The SMILES string of the molecule is O=S(=O)(NCCc1nccs1)c1ccc(-c2ccncc2)cc1. The molecule has 0 atom stereocenters. The van der Waals surface area contributed by atoms with E-state index in [1.54, 1.807) is 42.9 Å². The second-order valence-electron chi connectivity index (χ2n) is 4.83. The van der Waals surface area contributed by atoms with Gasteiger partial charge in [0.05, 0.1) is 9.90 Å². The lowest BCUT2D eigenvalue weighted by Crippen LogP contribution is -2.25. The first-order chi connectivity index (χ1) is 11.1. The summed E-state index contributed by atoms with van der Waals surface area (Å²) in [5.41, 5.74) is 1.95. The third kappa shape index (κ3) is 4.01. The van der Waals surface area contributed by atoms with Crippen molar-refractivity contribution < 1.29 is 8.42 Å². The van der Waals surface area contributed by atoms with Gasteiger partial charge >= 0.3 is 0 Å². The van der Waals surface area contributed by atoms with Crippen LogP contribution in [-0.4, -0.2) is 24.9 Å². The van der Waals surface area contributed by atoms with Gasteiger partial charge in [-0.2, -0.15) is 0 Å². The molecule has 0 radical (unpaired) electrons. The highest BCUT2D eigenvalue weighted by Crippen LogP contribution is 2.20. The van der Waals surface area contributed by atoms with Gasteiger partial charge in [0, 0.05) is 36.9 Å². The molecule has 0 saturated carbocycles. The zero-order valence-electron chi connectivity index (χ0n) is 12.2. The molecule has 3 aromatic rings. The molecule has 0 bridgehead atoms. The number of benzene rings is 1. The highest BCUT2D eigenvalue weighted by atomic mass is 32.2. The zero-order valence-corrected chi connectivity index (χ0v) is 13.8. The summed E-state index contributed by atoms with van der Waals surface area (Å²) in [6.45, 7) is 0.335. The van der Waals surface area contributed by atoms with Crippen LogP contribution in [0.15, 0.2) is 65.3 Å². The van der Waals surface area contributed by atoms with Gasteiger partial charge in [-0.05, 0) is 35.4 Å². The molecule has 3 rings (SSSR count). The Morgan fingerprint density at radius 3 is 2.30 bits per heavy atom. The molecule has 23 heavy (non-hydrogen) atoms. The Morgan fingerprint density at radius 2 is 1.65 bits per heavy atom. The summed E-state index contributed by atoms with van der Waals surface area (Å²) in [6, 6.07) is 10.6. The van der Waals surface area contributed by atoms with Crippen molar-refractivity contribution in [1.29, 1.82) is 0 Å². The minimum Gasteiger partial charge on any atom is -0.265 e. The number of pyridine rings is 1. The Balaban J connectivity index is 1.68. The highest BCUT2D eigenvalue weighted by Gasteiger charge is 2.13. The topological polar surface area (TPSA) is 72.0 Å². The lowest BCUT2D eigenvalue weighted by atomic mass is 10.1. The Morgan fingerprint density at radius 1 is 0.957 bits per heavy atom. The lowest BCUT2D eigenvalue weighted by molar-refractivity contribution is 0.581. The smallest absolute Gasteiger partial charge is 0.240 e. The van der Waals surface area contributed by atoms with Crippen LogP contribution in [0.1, 0.15) is 5.01 Å². The van der Waals surface area contributed by atoms with Crippen LogP contribution in [0.3, 0.4) is 0 Å². The van der Waals surface area contributed by atoms with E-state index in [4.69, 9.17) is 0 Å². The lowest BCUT2D eigenvalue weighted by Gasteiger charge is -2.07. The largest absolute Gasteiger partial charge is 0.265 e. The average Bonchev–Trinajstić information content (AvgIpc) is 3.09. The summed E-state index contributed by atoms with van der Waals surface area (Å²) in [4.78, 5) is 8.36. The molecule has 7 heteroatoms. The fourth-order valence-corrected chi connectivity index (χ4v) is 3.78. The van der Waals surface area contributed by atoms with E-state index in [2.05, 4.69) is 14.7 Å². The molecule has 118 valence electrons. The minimum atomic E-state index is -3.50. The molecule has 2 aromatic heterocycles. The van der Waals surface area contributed by atoms with Crippen molar-refractivity contribution in [2.75, 3.05) is 6.54 Å². The van der Waals surface area contributed by atoms with Crippen molar-refractivity contribution in [1.82, 2.24) is 14.7 Å². The summed E-state index contributed by atoms with van der Waals surface area (Å²) >= 11 is 1.52. The Labute approximate surface area is 139 Å². The van der Waals surface area contributed by atoms with E-state index in [0.717, 1.165) is 16.1 Å². The van der Waals surface area contributed by atoms with Gasteiger partial charge in [0.15, 0.2) is 0 Å². The normalized spacial score (nSPS) is 11.5. The van der Waals surface area contributed by atoms with Gasteiger partial charge in [-0.15, -0.1) is 11.3 Å². The summed E-state index contributed by atoms with van der Waals surface area (Å²) in [5.74, 6) is 0. The van der Waals surface area contributed by atoms with Gasteiger partial charge in [0.25, 0.3) is 0 Å². The fraction of sp³-hybridized carbons (Fsp3) is 0.125. The number of thiazole rings is 1. The number of aromatic nitrogens is 2. The molecule has 0 saturated heterocycles. The van der Waals surface area contributed by atoms with Gasteiger partial charge in [-0.25, -0.2) is 18.1 Å². The van der Waals surface area contributed by atoms with Crippen LogP contribution in [0.5, 0.6) is 0 Å². The van der Waals surface area contributed by atoms with Crippen LogP contribution in [0.4, 0.5) is 0 Å². The van der Waals surface area contributed by atoms with Crippen LogP contribution in [0.25, 0.3) is 11.1 Å². The van der Waals surface area contributed by atoms with Gasteiger partial charge in [0.1, 0.15) is 0 Å². The Kier molecular flexibility index (Phi) is 4.80. The van der Waals surface area contributed by atoms with E-state index in [9.17, 15) is 8.42 Å². The van der Waals surface area contributed by atoms with Crippen molar-refractivity contribution in [3.8, 4) is 11.1 Å². The molecule has 0 fully saturated rings. The van der Waals surface area contributed by atoms with E-state index in [1.807, 2.05) is 17.5 Å².